The molecule has 0 saturated carbocycles. The first kappa shape index (κ1) is 15.8. The zero-order chi connectivity index (χ0) is 15.6. The minimum Gasteiger partial charge on any atom is -0.380 e. The van der Waals surface area contributed by atoms with E-state index in [1.54, 1.807) is 13.0 Å². The number of rotatable bonds is 5. The van der Waals surface area contributed by atoms with Crippen molar-refractivity contribution in [2.24, 2.45) is 0 Å². The second-order valence-corrected chi connectivity index (χ2v) is 5.17. The number of nitrogens with one attached hydrogen (secondary N) is 1. The van der Waals surface area contributed by atoms with E-state index >= 15 is 0 Å². The summed E-state index contributed by atoms with van der Waals surface area (Å²) in [6.07, 6.45) is 1.38. The lowest BCUT2D eigenvalue weighted by Gasteiger charge is -2.09. The molecule has 1 aromatic heterocycles. The highest BCUT2D eigenvalue weighted by Crippen LogP contribution is 2.29. The third-order valence-electron chi connectivity index (χ3n) is 3.12. The Bertz CT molecular complexity index is 734. The molecule has 112 valence electrons. The van der Waals surface area contributed by atoms with Gasteiger partial charge in [-0.2, -0.15) is 0 Å². The Morgan fingerprint density at radius 2 is 2.05 bits per heavy atom. The fourth-order valence-corrected chi connectivity index (χ4v) is 2.57. The van der Waals surface area contributed by atoms with Crippen LogP contribution in [0.15, 0.2) is 23.1 Å². The fourth-order valence-electron chi connectivity index (χ4n) is 2.00. The molecule has 0 aliphatic heterocycles. The highest BCUT2D eigenvalue weighted by Gasteiger charge is 2.21. The Labute approximate surface area is 131 Å². The first-order chi connectivity index (χ1) is 10.0. The summed E-state index contributed by atoms with van der Waals surface area (Å²) < 4.78 is 6.36. The van der Waals surface area contributed by atoms with Crippen LogP contribution in [0.5, 0.6) is 0 Å². The van der Waals surface area contributed by atoms with Gasteiger partial charge in [0.25, 0.3) is 5.56 Å². The fraction of sp³-hybridized carbons (Fsp3) is 0.286. The van der Waals surface area contributed by atoms with E-state index in [0.717, 1.165) is 0 Å². The van der Waals surface area contributed by atoms with Crippen molar-refractivity contribution in [3.05, 3.63) is 55.4 Å². The van der Waals surface area contributed by atoms with Crippen LogP contribution in [-0.2, 0) is 17.9 Å². The number of methoxy groups -OCH3 is 1. The number of benzene rings is 1. The molecule has 21 heavy (non-hydrogen) atoms. The van der Waals surface area contributed by atoms with Gasteiger partial charge in [0, 0.05) is 36.0 Å². The molecule has 0 bridgehead atoms. The van der Waals surface area contributed by atoms with Gasteiger partial charge in [0.05, 0.1) is 11.6 Å². The predicted molar refractivity (Wildman–Crippen MR) is 81.3 cm³/mol. The maximum Gasteiger partial charge on any atom is 0.277 e. The zero-order valence-electron chi connectivity index (χ0n) is 11.6. The number of halogens is 2. The third kappa shape index (κ3) is 2.90. The summed E-state index contributed by atoms with van der Waals surface area (Å²) in [6.45, 7) is 2.44. The van der Waals surface area contributed by atoms with Crippen molar-refractivity contribution >= 4 is 29.0 Å². The lowest BCUT2D eigenvalue weighted by Crippen LogP contribution is -2.21. The Morgan fingerprint density at radius 1 is 1.33 bits per heavy atom. The molecule has 5 nitrogen and oxygen atoms in total. The van der Waals surface area contributed by atoms with Crippen LogP contribution in [0.4, 0.5) is 0 Å². The van der Waals surface area contributed by atoms with Gasteiger partial charge < -0.3 is 9.84 Å². The molecule has 1 heterocycles. The molecule has 0 fully saturated rings. The number of aryl methyl sites for hydroxylation is 1. The average molecular weight is 329 g/mol. The molecular formula is C14H14Cl2N2O3. The van der Waals surface area contributed by atoms with Crippen molar-refractivity contribution in [1.82, 2.24) is 9.78 Å². The normalized spacial score (nSPS) is 10.9. The molecular weight excluding hydrogens is 315 g/mol. The van der Waals surface area contributed by atoms with Gasteiger partial charge >= 0.3 is 0 Å². The predicted octanol–water partition coefficient (Wildman–Crippen LogP) is 2.88. The molecule has 0 unspecified atom stereocenters. The minimum atomic E-state index is -0.442. The molecule has 7 heteroatoms. The first-order valence-corrected chi connectivity index (χ1v) is 7.05. The van der Waals surface area contributed by atoms with Gasteiger partial charge in [-0.1, -0.05) is 23.2 Å². The third-order valence-corrected chi connectivity index (χ3v) is 3.91. The summed E-state index contributed by atoms with van der Waals surface area (Å²) in [4.78, 5) is 24.5. The van der Waals surface area contributed by atoms with E-state index < -0.39 is 5.78 Å². The summed E-state index contributed by atoms with van der Waals surface area (Å²) in [5.41, 5.74) is 0.428. The maximum atomic E-state index is 12.5. The maximum absolute atomic E-state index is 12.5. The van der Waals surface area contributed by atoms with E-state index in [1.807, 2.05) is 0 Å². The van der Waals surface area contributed by atoms with Crippen LogP contribution in [-0.4, -0.2) is 22.7 Å². The van der Waals surface area contributed by atoms with E-state index in [1.165, 1.54) is 24.1 Å². The Balaban J connectivity index is 2.51. The second-order valence-electron chi connectivity index (χ2n) is 4.39. The SMILES string of the molecule is CCn1[nH]cc(C(=O)c2ccc(Cl)c(COC)c2Cl)c1=O. The lowest BCUT2D eigenvalue weighted by atomic mass is 10.0. The molecule has 0 aliphatic rings. The van der Waals surface area contributed by atoms with Crippen molar-refractivity contribution in [3.8, 4) is 0 Å². The zero-order valence-corrected chi connectivity index (χ0v) is 13.1. The molecule has 0 spiro atoms. The van der Waals surface area contributed by atoms with Gasteiger partial charge in [-0.05, 0) is 19.1 Å². The number of aromatic nitrogens is 2. The molecule has 2 rings (SSSR count). The molecule has 1 N–H and O–H groups in total. The van der Waals surface area contributed by atoms with Crippen LogP contribution in [0, 0.1) is 0 Å². The average Bonchev–Trinajstić information content (AvgIpc) is 2.84. The molecule has 2 aromatic rings. The lowest BCUT2D eigenvalue weighted by molar-refractivity contribution is 0.103. The van der Waals surface area contributed by atoms with E-state index in [2.05, 4.69) is 5.10 Å². The Hall–Kier alpha value is -1.56. The van der Waals surface area contributed by atoms with Crippen molar-refractivity contribution in [2.75, 3.05) is 7.11 Å². The van der Waals surface area contributed by atoms with Gasteiger partial charge in [0.1, 0.15) is 5.56 Å². The highest BCUT2D eigenvalue weighted by molar-refractivity contribution is 6.38. The number of nitrogens with zero attached hydrogens (tertiary/aromatic N) is 1. The van der Waals surface area contributed by atoms with Gasteiger partial charge in [-0.15, -0.1) is 0 Å². The quantitative estimate of drug-likeness (QED) is 0.858. The van der Waals surface area contributed by atoms with Crippen LogP contribution in [0.25, 0.3) is 0 Å². The number of aromatic amines is 1. The van der Waals surface area contributed by atoms with E-state index in [4.69, 9.17) is 27.9 Å². The smallest absolute Gasteiger partial charge is 0.277 e. The molecule has 0 atom stereocenters. The number of hydrogen-bond donors (Lipinski definition) is 1. The van der Waals surface area contributed by atoms with Crippen LogP contribution in [0.2, 0.25) is 10.0 Å². The molecule has 0 radical (unpaired) electrons. The standard InChI is InChI=1S/C14H14Cl2N2O3/c1-3-18-14(20)9(6-17-18)13(19)8-4-5-11(15)10(7-21-2)12(8)16/h4-6,17H,3,7H2,1-2H3. The Morgan fingerprint density at radius 3 is 2.62 bits per heavy atom. The Kier molecular flexibility index (Phi) is 4.88. The van der Waals surface area contributed by atoms with Crippen molar-refractivity contribution < 1.29 is 9.53 Å². The molecule has 1 aromatic carbocycles. The van der Waals surface area contributed by atoms with Gasteiger partial charge in [0.2, 0.25) is 5.78 Å². The van der Waals surface area contributed by atoms with Crippen LogP contribution in [0.1, 0.15) is 28.4 Å². The van der Waals surface area contributed by atoms with Crippen molar-refractivity contribution in [1.29, 1.82) is 0 Å². The summed E-state index contributed by atoms with van der Waals surface area (Å²) in [6, 6.07) is 3.08. The summed E-state index contributed by atoms with van der Waals surface area (Å²) >= 11 is 12.3. The summed E-state index contributed by atoms with van der Waals surface area (Å²) in [5, 5.41) is 3.36. The van der Waals surface area contributed by atoms with E-state index in [0.29, 0.717) is 17.1 Å². The van der Waals surface area contributed by atoms with Gasteiger partial charge in [-0.25, -0.2) is 0 Å². The van der Waals surface area contributed by atoms with Gasteiger partial charge in [-0.3, -0.25) is 14.3 Å². The number of carbonyl (C=O) groups excluding carboxylic acids is 1. The van der Waals surface area contributed by atoms with Crippen LogP contribution in [0.3, 0.4) is 0 Å². The van der Waals surface area contributed by atoms with Crippen LogP contribution < -0.4 is 5.56 Å². The number of carbonyl (C=O) groups is 1. The monoisotopic (exact) mass is 328 g/mol. The number of hydrogen-bond acceptors (Lipinski definition) is 3. The van der Waals surface area contributed by atoms with Crippen molar-refractivity contribution in [2.45, 2.75) is 20.1 Å². The minimum absolute atomic E-state index is 0.0458. The topological polar surface area (TPSA) is 64.1 Å². The summed E-state index contributed by atoms with van der Waals surface area (Å²) in [7, 11) is 1.51. The van der Waals surface area contributed by atoms with Crippen molar-refractivity contribution in [3.63, 3.8) is 0 Å². The largest absolute Gasteiger partial charge is 0.380 e. The number of ether oxygens (including phenoxy) is 1. The van der Waals surface area contributed by atoms with E-state index in [9.17, 15) is 9.59 Å². The summed E-state index contributed by atoms with van der Waals surface area (Å²) in [5.74, 6) is -0.442. The molecule has 0 aliphatic carbocycles. The van der Waals surface area contributed by atoms with E-state index in [-0.39, 0.29) is 28.3 Å². The van der Waals surface area contributed by atoms with Crippen LogP contribution >= 0.6 is 23.2 Å². The number of H-pyrrole nitrogens is 1. The first-order valence-electron chi connectivity index (χ1n) is 6.30. The number of ketones is 1. The van der Waals surface area contributed by atoms with Gasteiger partial charge in [0.15, 0.2) is 0 Å². The second kappa shape index (κ2) is 6.47. The molecule has 0 saturated heterocycles. The highest BCUT2D eigenvalue weighted by atomic mass is 35.5. The molecule has 0 amide bonds.